The van der Waals surface area contributed by atoms with Crippen molar-refractivity contribution >= 4 is 28.8 Å². The van der Waals surface area contributed by atoms with Crippen LogP contribution >= 0.6 is 0 Å². The molecule has 2 amide bonds. The number of aromatic nitrogens is 5. The number of rotatable bonds is 7. The zero-order valence-corrected chi connectivity index (χ0v) is 22.0. The molecule has 4 aromatic rings. The third-order valence-electron chi connectivity index (χ3n) is 7.51. The SMILES string of the molecule is C[C@@H]1CN(c2ccc(C#N)cn2)C[C@H]1Nc1c(C(N)=O)cnn2cc(-c3cnn(CC(=O)N4CC(F)(F)C4)c3)cc12. The van der Waals surface area contributed by atoms with Gasteiger partial charge in [-0.15, -0.1) is 0 Å². The summed E-state index contributed by atoms with van der Waals surface area (Å²) in [4.78, 5) is 32.3. The van der Waals surface area contributed by atoms with E-state index in [4.69, 9.17) is 11.0 Å². The third-order valence-corrected chi connectivity index (χ3v) is 7.51. The number of alkyl halides is 2. The molecule has 0 radical (unpaired) electrons. The number of halogens is 2. The van der Waals surface area contributed by atoms with Gasteiger partial charge in [-0.1, -0.05) is 6.92 Å². The van der Waals surface area contributed by atoms with Gasteiger partial charge in [-0.25, -0.2) is 18.3 Å². The van der Waals surface area contributed by atoms with Crippen LogP contribution in [0.5, 0.6) is 0 Å². The number of nitrogens with two attached hydrogens (primary N) is 1. The molecule has 0 aromatic carbocycles. The fourth-order valence-corrected chi connectivity index (χ4v) is 5.25. The number of primary amides is 1. The lowest BCUT2D eigenvalue weighted by Gasteiger charge is -2.38. The first-order valence-electron chi connectivity index (χ1n) is 13.0. The van der Waals surface area contributed by atoms with E-state index in [2.05, 4.69) is 38.4 Å². The van der Waals surface area contributed by atoms with Crippen LogP contribution in [0.1, 0.15) is 22.8 Å². The van der Waals surface area contributed by atoms with E-state index in [-0.39, 0.29) is 24.1 Å². The molecule has 6 heterocycles. The van der Waals surface area contributed by atoms with Crippen LogP contribution < -0.4 is 16.0 Å². The van der Waals surface area contributed by atoms with Gasteiger partial charge in [0.05, 0.1) is 47.8 Å². The van der Waals surface area contributed by atoms with Gasteiger partial charge in [0.25, 0.3) is 11.8 Å². The Hall–Kier alpha value is -5.06. The van der Waals surface area contributed by atoms with Gasteiger partial charge in [0.2, 0.25) is 5.91 Å². The Morgan fingerprint density at radius 2 is 1.95 bits per heavy atom. The predicted molar refractivity (Wildman–Crippen MR) is 144 cm³/mol. The fraction of sp³-hybridized carbons (Fsp3) is 0.333. The summed E-state index contributed by atoms with van der Waals surface area (Å²) < 4.78 is 29.3. The first kappa shape index (κ1) is 26.2. The second-order valence-corrected chi connectivity index (χ2v) is 10.5. The highest BCUT2D eigenvalue weighted by atomic mass is 19.3. The number of nitrogens with one attached hydrogen (secondary N) is 1. The summed E-state index contributed by atoms with van der Waals surface area (Å²) in [5, 5.41) is 21.2. The van der Waals surface area contributed by atoms with Gasteiger partial charge < -0.3 is 20.9 Å². The molecule has 2 aliphatic rings. The molecule has 3 N–H and O–H groups in total. The molecule has 4 aromatic heterocycles. The van der Waals surface area contributed by atoms with Crippen molar-refractivity contribution in [2.75, 3.05) is 36.4 Å². The molecule has 2 fully saturated rings. The van der Waals surface area contributed by atoms with Crippen molar-refractivity contribution in [1.29, 1.82) is 5.26 Å². The van der Waals surface area contributed by atoms with Crippen LogP contribution in [0.2, 0.25) is 0 Å². The summed E-state index contributed by atoms with van der Waals surface area (Å²) in [5.74, 6) is -2.92. The van der Waals surface area contributed by atoms with E-state index >= 15 is 0 Å². The molecule has 41 heavy (non-hydrogen) atoms. The number of nitriles is 1. The van der Waals surface area contributed by atoms with Gasteiger partial charge in [0.1, 0.15) is 18.4 Å². The Bertz CT molecular complexity index is 1680. The standard InChI is InChI=1S/C27H26F2N10O2/c1-16-9-36(23-3-2-17(5-30)6-32-23)12-21(16)35-25-20(26(31)41)8-34-39-11-18(4-22(25)39)19-7-33-38(10-19)13-24(40)37-14-27(28,29)15-37/h2-4,6-8,10-11,16,21,35H,9,12-15H2,1H3,(H2,31,41)/t16-,21-/m1/s1. The minimum absolute atomic E-state index is 0.0438. The smallest absolute Gasteiger partial charge is 0.282 e. The van der Waals surface area contributed by atoms with Crippen LogP contribution in [0.25, 0.3) is 16.6 Å². The van der Waals surface area contributed by atoms with E-state index in [0.717, 1.165) is 22.8 Å². The van der Waals surface area contributed by atoms with Gasteiger partial charge in [0.15, 0.2) is 0 Å². The number of likely N-dealkylation sites (tertiary alicyclic amines) is 1. The van der Waals surface area contributed by atoms with Crippen molar-refractivity contribution in [2.24, 2.45) is 11.7 Å². The summed E-state index contributed by atoms with van der Waals surface area (Å²) in [6, 6.07) is 7.43. The molecule has 0 aliphatic carbocycles. The highest BCUT2D eigenvalue weighted by Gasteiger charge is 2.46. The topological polar surface area (TPSA) is 150 Å². The monoisotopic (exact) mass is 560 g/mol. The van der Waals surface area contributed by atoms with E-state index in [1.54, 1.807) is 35.4 Å². The largest absolute Gasteiger partial charge is 0.378 e. The number of carbonyl (C=O) groups is 2. The molecule has 2 atom stereocenters. The number of nitrogens with zero attached hydrogens (tertiary/aromatic N) is 8. The van der Waals surface area contributed by atoms with E-state index in [9.17, 15) is 18.4 Å². The number of fused-ring (bicyclic) bond motifs is 1. The van der Waals surface area contributed by atoms with E-state index in [1.807, 2.05) is 12.1 Å². The van der Waals surface area contributed by atoms with Crippen molar-refractivity contribution in [3.05, 3.63) is 60.3 Å². The first-order chi connectivity index (χ1) is 19.6. The van der Waals surface area contributed by atoms with E-state index in [0.29, 0.717) is 28.9 Å². The summed E-state index contributed by atoms with van der Waals surface area (Å²) in [6.07, 6.45) is 7.98. The van der Waals surface area contributed by atoms with Crippen molar-refractivity contribution in [3.8, 4) is 17.2 Å². The lowest BCUT2D eigenvalue weighted by Crippen LogP contribution is -2.59. The van der Waals surface area contributed by atoms with Crippen LogP contribution in [0.4, 0.5) is 20.3 Å². The molecule has 210 valence electrons. The number of hydrogen-bond donors (Lipinski definition) is 2. The normalized spacial score (nSPS) is 19.7. The second kappa shape index (κ2) is 9.84. The summed E-state index contributed by atoms with van der Waals surface area (Å²) in [6.45, 7) is 2.15. The molecule has 14 heteroatoms. The average molecular weight is 561 g/mol. The van der Waals surface area contributed by atoms with Crippen molar-refractivity contribution in [3.63, 3.8) is 0 Å². The predicted octanol–water partition coefficient (Wildman–Crippen LogP) is 1.98. The van der Waals surface area contributed by atoms with Gasteiger partial charge in [-0.3, -0.25) is 14.3 Å². The van der Waals surface area contributed by atoms with Gasteiger partial charge in [-0.2, -0.15) is 15.5 Å². The molecular formula is C27H26F2N10O2. The molecule has 6 rings (SSSR count). The van der Waals surface area contributed by atoms with Crippen LogP contribution in [0.15, 0.2) is 49.2 Å². The summed E-state index contributed by atoms with van der Waals surface area (Å²) in [7, 11) is 0. The molecule has 2 saturated heterocycles. The zero-order chi connectivity index (χ0) is 28.9. The number of pyridine rings is 1. The van der Waals surface area contributed by atoms with Gasteiger partial charge in [-0.05, 0) is 24.1 Å². The number of anilines is 2. The van der Waals surface area contributed by atoms with Crippen molar-refractivity contribution < 1.29 is 18.4 Å². The second-order valence-electron chi connectivity index (χ2n) is 10.5. The minimum Gasteiger partial charge on any atom is -0.378 e. The van der Waals surface area contributed by atoms with Gasteiger partial charge >= 0.3 is 0 Å². The molecular weight excluding hydrogens is 534 g/mol. The summed E-state index contributed by atoms with van der Waals surface area (Å²) >= 11 is 0. The molecule has 0 bridgehead atoms. The minimum atomic E-state index is -2.82. The Morgan fingerprint density at radius 3 is 2.63 bits per heavy atom. The van der Waals surface area contributed by atoms with Crippen LogP contribution in [0.3, 0.4) is 0 Å². The maximum Gasteiger partial charge on any atom is 0.282 e. The van der Waals surface area contributed by atoms with Crippen LogP contribution in [0, 0.1) is 17.2 Å². The maximum atomic E-state index is 13.1. The van der Waals surface area contributed by atoms with Gasteiger partial charge in [0, 0.05) is 48.8 Å². The van der Waals surface area contributed by atoms with Crippen LogP contribution in [-0.2, 0) is 11.3 Å². The maximum absolute atomic E-state index is 13.1. The quantitative estimate of drug-likeness (QED) is 0.348. The van der Waals surface area contributed by atoms with E-state index in [1.165, 1.54) is 10.9 Å². The van der Waals surface area contributed by atoms with Crippen molar-refractivity contribution in [2.45, 2.75) is 25.4 Å². The first-order valence-corrected chi connectivity index (χ1v) is 13.0. The zero-order valence-electron chi connectivity index (χ0n) is 22.0. The number of hydrogen-bond acceptors (Lipinski definition) is 8. The molecule has 0 saturated carbocycles. The Morgan fingerprint density at radius 1 is 1.15 bits per heavy atom. The van der Waals surface area contributed by atoms with Crippen LogP contribution in [-0.4, -0.2) is 79.2 Å². The molecule has 12 nitrogen and oxygen atoms in total. The molecule has 0 spiro atoms. The average Bonchev–Trinajstić information content (AvgIpc) is 3.66. The highest BCUT2D eigenvalue weighted by molar-refractivity contribution is 6.02. The number of amides is 2. The molecule has 0 unspecified atom stereocenters. The Labute approximate surface area is 233 Å². The van der Waals surface area contributed by atoms with E-state index < -0.39 is 30.8 Å². The highest BCUT2D eigenvalue weighted by Crippen LogP contribution is 2.32. The Balaban J connectivity index is 1.24. The number of carbonyl (C=O) groups excluding carboxylic acids is 2. The lowest BCUT2D eigenvalue weighted by atomic mass is 10.1. The van der Waals surface area contributed by atoms with Crippen molar-refractivity contribution in [1.82, 2.24) is 29.3 Å². The molecule has 2 aliphatic heterocycles. The lowest BCUT2D eigenvalue weighted by molar-refractivity contribution is -0.166. The summed E-state index contributed by atoms with van der Waals surface area (Å²) in [5.41, 5.74) is 9.05. The third kappa shape index (κ3) is 5.02. The fourth-order valence-electron chi connectivity index (χ4n) is 5.25. The Kier molecular flexibility index (Phi) is 6.29.